The Kier molecular flexibility index (Phi) is 4.48. The van der Waals surface area contributed by atoms with E-state index in [9.17, 15) is 4.79 Å². The van der Waals surface area contributed by atoms with E-state index >= 15 is 0 Å². The topological polar surface area (TPSA) is 85.0 Å². The molecule has 24 heavy (non-hydrogen) atoms. The van der Waals surface area contributed by atoms with E-state index in [1.807, 2.05) is 30.3 Å². The molecular formula is C18H21N5O. The standard InChI is InChI=1S/C18H21N5O/c1-12(2)17-21-15-5-3-4-6-16(15)23(17)11-20-14-9-7-13(8-10-14)18(24)22-19/h3-10,12,20H,11,19H2,1-2H3,(H,22,24). The number of benzene rings is 2. The van der Waals surface area contributed by atoms with E-state index in [0.717, 1.165) is 22.5 Å². The van der Waals surface area contributed by atoms with E-state index in [1.165, 1.54) is 0 Å². The van der Waals surface area contributed by atoms with Crippen LogP contribution in [0.1, 0.15) is 35.9 Å². The number of nitrogens with two attached hydrogens (primary N) is 1. The van der Waals surface area contributed by atoms with Gasteiger partial charge in [-0.1, -0.05) is 26.0 Å². The number of nitrogen functional groups attached to an aromatic ring is 1. The van der Waals surface area contributed by atoms with Gasteiger partial charge in [0.2, 0.25) is 0 Å². The Labute approximate surface area is 140 Å². The highest BCUT2D eigenvalue weighted by Gasteiger charge is 2.13. The highest BCUT2D eigenvalue weighted by atomic mass is 16.2. The van der Waals surface area contributed by atoms with E-state index < -0.39 is 0 Å². The van der Waals surface area contributed by atoms with Crippen LogP contribution in [0.15, 0.2) is 48.5 Å². The first-order chi connectivity index (χ1) is 11.6. The Balaban J connectivity index is 1.82. The van der Waals surface area contributed by atoms with Crippen molar-refractivity contribution < 1.29 is 4.79 Å². The number of hydrogen-bond donors (Lipinski definition) is 3. The quantitative estimate of drug-likeness (QED) is 0.383. The van der Waals surface area contributed by atoms with Gasteiger partial charge in [0.1, 0.15) is 5.82 Å². The van der Waals surface area contributed by atoms with Gasteiger partial charge in [-0.05, 0) is 36.4 Å². The summed E-state index contributed by atoms with van der Waals surface area (Å²) in [7, 11) is 0. The predicted octanol–water partition coefficient (Wildman–Crippen LogP) is 2.83. The third kappa shape index (κ3) is 3.09. The number of amides is 1. The number of carbonyl (C=O) groups excluding carboxylic acids is 1. The number of imidazole rings is 1. The number of nitrogens with zero attached hydrogens (tertiary/aromatic N) is 2. The molecule has 3 aromatic rings. The molecule has 1 amide bonds. The Hall–Kier alpha value is -2.86. The van der Waals surface area contributed by atoms with Crippen LogP contribution in [0.5, 0.6) is 0 Å². The summed E-state index contributed by atoms with van der Waals surface area (Å²) in [5, 5.41) is 3.38. The molecule has 0 saturated heterocycles. The number of carbonyl (C=O) groups is 1. The van der Waals surface area contributed by atoms with Gasteiger partial charge in [0.25, 0.3) is 5.91 Å². The molecule has 3 rings (SSSR count). The first-order valence-corrected chi connectivity index (χ1v) is 7.90. The third-order valence-electron chi connectivity index (χ3n) is 3.92. The van der Waals surface area contributed by atoms with E-state index in [4.69, 9.17) is 10.8 Å². The summed E-state index contributed by atoms with van der Waals surface area (Å²) in [6, 6.07) is 15.3. The number of rotatable bonds is 5. The van der Waals surface area contributed by atoms with Crippen molar-refractivity contribution in [3.63, 3.8) is 0 Å². The fourth-order valence-electron chi connectivity index (χ4n) is 2.69. The average Bonchev–Trinajstić information content (AvgIpc) is 2.99. The Morgan fingerprint density at radius 2 is 1.88 bits per heavy atom. The molecule has 0 aliphatic carbocycles. The number of nitrogens with one attached hydrogen (secondary N) is 2. The number of anilines is 1. The fourth-order valence-corrected chi connectivity index (χ4v) is 2.69. The van der Waals surface area contributed by atoms with Crippen LogP contribution in [0, 0.1) is 0 Å². The first kappa shape index (κ1) is 16.0. The van der Waals surface area contributed by atoms with Gasteiger partial charge in [-0.25, -0.2) is 10.8 Å². The molecule has 124 valence electrons. The molecule has 6 heteroatoms. The molecule has 2 aromatic carbocycles. The lowest BCUT2D eigenvalue weighted by Crippen LogP contribution is -2.29. The number of para-hydroxylation sites is 2. The van der Waals surface area contributed by atoms with Crippen molar-refractivity contribution in [2.24, 2.45) is 5.84 Å². The van der Waals surface area contributed by atoms with Gasteiger partial charge in [-0.15, -0.1) is 0 Å². The van der Waals surface area contributed by atoms with Crippen LogP contribution in [-0.2, 0) is 6.67 Å². The van der Waals surface area contributed by atoms with Crippen LogP contribution in [0.4, 0.5) is 5.69 Å². The first-order valence-electron chi connectivity index (χ1n) is 7.90. The van der Waals surface area contributed by atoms with Crippen LogP contribution < -0.4 is 16.6 Å². The highest BCUT2D eigenvalue weighted by molar-refractivity contribution is 5.94. The van der Waals surface area contributed by atoms with E-state index in [0.29, 0.717) is 18.2 Å². The SMILES string of the molecule is CC(C)c1nc2ccccc2n1CNc1ccc(C(=O)NN)cc1. The number of hydrogen-bond acceptors (Lipinski definition) is 4. The summed E-state index contributed by atoms with van der Waals surface area (Å²) in [4.78, 5) is 16.2. The van der Waals surface area contributed by atoms with Crippen LogP contribution in [0.2, 0.25) is 0 Å². The molecule has 0 bridgehead atoms. The minimum Gasteiger partial charge on any atom is -0.367 e. The van der Waals surface area contributed by atoms with Gasteiger partial charge in [-0.3, -0.25) is 10.2 Å². The maximum Gasteiger partial charge on any atom is 0.265 e. The summed E-state index contributed by atoms with van der Waals surface area (Å²) in [5.41, 5.74) is 5.68. The zero-order valence-electron chi connectivity index (χ0n) is 13.8. The lowest BCUT2D eigenvalue weighted by molar-refractivity contribution is 0.0953. The second-order valence-electron chi connectivity index (χ2n) is 5.93. The Morgan fingerprint density at radius 3 is 2.54 bits per heavy atom. The molecular weight excluding hydrogens is 302 g/mol. The summed E-state index contributed by atoms with van der Waals surface area (Å²) in [6.07, 6.45) is 0. The highest BCUT2D eigenvalue weighted by Crippen LogP contribution is 2.22. The second-order valence-corrected chi connectivity index (χ2v) is 5.93. The van der Waals surface area contributed by atoms with Crippen molar-refractivity contribution in [2.45, 2.75) is 26.4 Å². The Bertz CT molecular complexity index is 851. The number of fused-ring (bicyclic) bond motifs is 1. The van der Waals surface area contributed by atoms with Gasteiger partial charge in [0, 0.05) is 17.2 Å². The van der Waals surface area contributed by atoms with E-state index in [1.54, 1.807) is 12.1 Å². The van der Waals surface area contributed by atoms with Gasteiger partial charge < -0.3 is 9.88 Å². The van der Waals surface area contributed by atoms with Gasteiger partial charge >= 0.3 is 0 Å². The van der Waals surface area contributed by atoms with Crippen LogP contribution in [-0.4, -0.2) is 15.5 Å². The van der Waals surface area contributed by atoms with Gasteiger partial charge in [-0.2, -0.15) is 0 Å². The van der Waals surface area contributed by atoms with Crippen molar-refractivity contribution in [1.29, 1.82) is 0 Å². The zero-order valence-corrected chi connectivity index (χ0v) is 13.8. The van der Waals surface area contributed by atoms with Crippen molar-refractivity contribution in [2.75, 3.05) is 5.32 Å². The summed E-state index contributed by atoms with van der Waals surface area (Å²) in [5.74, 6) is 6.21. The molecule has 0 aliphatic rings. The van der Waals surface area contributed by atoms with E-state index in [2.05, 4.69) is 35.2 Å². The van der Waals surface area contributed by atoms with Crippen molar-refractivity contribution in [1.82, 2.24) is 15.0 Å². The summed E-state index contributed by atoms with van der Waals surface area (Å²) in [6.45, 7) is 4.88. The second kappa shape index (κ2) is 6.72. The molecule has 0 aliphatic heterocycles. The maximum atomic E-state index is 11.5. The zero-order chi connectivity index (χ0) is 17.1. The third-order valence-corrected chi connectivity index (χ3v) is 3.92. The summed E-state index contributed by atoms with van der Waals surface area (Å²) >= 11 is 0. The molecule has 1 heterocycles. The van der Waals surface area contributed by atoms with Crippen molar-refractivity contribution >= 4 is 22.6 Å². The van der Waals surface area contributed by atoms with Crippen LogP contribution >= 0.6 is 0 Å². The van der Waals surface area contributed by atoms with Gasteiger partial charge in [0.15, 0.2) is 0 Å². The van der Waals surface area contributed by atoms with Crippen molar-refractivity contribution in [3.05, 3.63) is 59.9 Å². The molecule has 4 N–H and O–H groups in total. The van der Waals surface area contributed by atoms with Gasteiger partial charge in [0.05, 0.1) is 17.7 Å². The smallest absolute Gasteiger partial charge is 0.265 e. The minimum absolute atomic E-state index is 0.302. The van der Waals surface area contributed by atoms with Crippen LogP contribution in [0.3, 0.4) is 0 Å². The summed E-state index contributed by atoms with van der Waals surface area (Å²) < 4.78 is 2.18. The minimum atomic E-state index is -0.302. The van der Waals surface area contributed by atoms with Crippen LogP contribution in [0.25, 0.3) is 11.0 Å². The monoisotopic (exact) mass is 323 g/mol. The molecule has 6 nitrogen and oxygen atoms in total. The molecule has 0 unspecified atom stereocenters. The normalized spacial score (nSPS) is 11.0. The molecule has 1 aromatic heterocycles. The number of hydrazine groups is 1. The van der Waals surface area contributed by atoms with E-state index in [-0.39, 0.29) is 5.91 Å². The number of aromatic nitrogens is 2. The maximum absolute atomic E-state index is 11.5. The Morgan fingerprint density at radius 1 is 1.17 bits per heavy atom. The molecule has 0 radical (unpaired) electrons. The lowest BCUT2D eigenvalue weighted by atomic mass is 10.2. The molecule has 0 saturated carbocycles. The molecule has 0 fully saturated rings. The average molecular weight is 323 g/mol. The largest absolute Gasteiger partial charge is 0.367 e. The molecule has 0 spiro atoms. The van der Waals surface area contributed by atoms with Crippen molar-refractivity contribution in [3.8, 4) is 0 Å². The predicted molar refractivity (Wildman–Crippen MR) is 95.5 cm³/mol. The lowest BCUT2D eigenvalue weighted by Gasteiger charge is -2.13. The fraction of sp³-hybridized carbons (Fsp3) is 0.222. The molecule has 0 atom stereocenters.